The number of carbonyl (C=O) groups excluding carboxylic acids is 2. The highest BCUT2D eigenvalue weighted by Crippen LogP contribution is 2.35. The van der Waals surface area contributed by atoms with Crippen LogP contribution in [0.2, 0.25) is 0 Å². The molecular weight excluding hydrogens is 381 g/mol. The Morgan fingerprint density at radius 1 is 1.26 bits per heavy atom. The van der Waals surface area contributed by atoms with Crippen LogP contribution < -0.4 is 0 Å². The van der Waals surface area contributed by atoms with E-state index in [4.69, 9.17) is 0 Å². The van der Waals surface area contributed by atoms with E-state index in [-0.39, 0.29) is 19.0 Å². The number of likely N-dealkylation sites (tertiary alicyclic amines) is 1. The maximum atomic E-state index is 13.0. The highest BCUT2D eigenvalue weighted by molar-refractivity contribution is 7.09. The molecule has 1 spiro atoms. The topological polar surface area (TPSA) is 56.8 Å². The number of hydrogen-bond acceptors (Lipinski definition) is 5. The average Bonchev–Trinajstić information content (AvgIpc) is 3.00. The second-order valence-electron chi connectivity index (χ2n) is 7.21. The summed E-state index contributed by atoms with van der Waals surface area (Å²) in [6, 6.07) is 0. The summed E-state index contributed by atoms with van der Waals surface area (Å²) in [4.78, 5) is 34.4. The number of alkyl halides is 3. The predicted molar refractivity (Wildman–Crippen MR) is 94.1 cm³/mol. The number of rotatable bonds is 3. The minimum Gasteiger partial charge on any atom is -0.343 e. The summed E-state index contributed by atoms with van der Waals surface area (Å²) in [5.41, 5.74) is 0.115. The number of hydrogen-bond donors (Lipinski definition) is 0. The van der Waals surface area contributed by atoms with Crippen LogP contribution in [0.5, 0.6) is 0 Å². The Balaban J connectivity index is 1.74. The molecule has 0 atom stereocenters. The van der Waals surface area contributed by atoms with E-state index in [1.54, 1.807) is 23.3 Å². The molecule has 0 radical (unpaired) electrons. The third kappa shape index (κ3) is 4.26. The quantitative estimate of drug-likeness (QED) is 0.774. The third-order valence-corrected chi connectivity index (χ3v) is 6.19. The van der Waals surface area contributed by atoms with Crippen molar-refractivity contribution in [3.8, 4) is 0 Å². The van der Waals surface area contributed by atoms with Gasteiger partial charge in [0.05, 0.1) is 10.7 Å². The van der Waals surface area contributed by atoms with Crippen molar-refractivity contribution in [2.75, 3.05) is 33.2 Å². The lowest BCUT2D eigenvalue weighted by atomic mass is 9.82. The Labute approximate surface area is 159 Å². The second kappa shape index (κ2) is 7.38. The van der Waals surface area contributed by atoms with Gasteiger partial charge >= 0.3 is 6.18 Å². The van der Waals surface area contributed by atoms with Crippen molar-refractivity contribution in [2.45, 2.75) is 44.4 Å². The van der Waals surface area contributed by atoms with Gasteiger partial charge in [0.2, 0.25) is 11.8 Å². The first-order valence-electron chi connectivity index (χ1n) is 8.87. The number of amides is 2. The van der Waals surface area contributed by atoms with Crippen LogP contribution in [-0.4, -0.2) is 76.4 Å². The van der Waals surface area contributed by atoms with Crippen molar-refractivity contribution in [1.29, 1.82) is 0 Å². The first-order chi connectivity index (χ1) is 12.6. The molecule has 150 valence electrons. The van der Waals surface area contributed by atoms with Crippen LogP contribution in [-0.2, 0) is 16.1 Å². The van der Waals surface area contributed by atoms with Gasteiger partial charge in [-0.1, -0.05) is 0 Å². The van der Waals surface area contributed by atoms with Crippen LogP contribution in [0.4, 0.5) is 13.2 Å². The molecule has 10 heteroatoms. The predicted octanol–water partition coefficient (Wildman–Crippen LogP) is 2.04. The molecule has 2 fully saturated rings. The Hall–Kier alpha value is -1.68. The van der Waals surface area contributed by atoms with Crippen LogP contribution in [0.15, 0.2) is 5.38 Å². The smallest absolute Gasteiger partial charge is 0.343 e. The minimum atomic E-state index is -4.51. The molecule has 2 aliphatic heterocycles. The summed E-state index contributed by atoms with van der Waals surface area (Å²) >= 11 is 1.55. The lowest BCUT2D eigenvalue weighted by Gasteiger charge is -2.52. The van der Waals surface area contributed by atoms with Crippen LogP contribution in [0.1, 0.15) is 30.0 Å². The van der Waals surface area contributed by atoms with Crippen molar-refractivity contribution in [3.05, 3.63) is 16.1 Å². The SMILES string of the molecule is Cc1nc(CN2CCN(C)C(=O)C23CCN(C(=O)CC(F)(F)F)CC3)cs1. The van der Waals surface area contributed by atoms with Gasteiger partial charge in [0.15, 0.2) is 0 Å². The molecule has 2 aliphatic rings. The summed E-state index contributed by atoms with van der Waals surface area (Å²) in [5.74, 6) is -0.945. The zero-order valence-electron chi connectivity index (χ0n) is 15.4. The number of nitrogens with zero attached hydrogens (tertiary/aromatic N) is 4. The first kappa shape index (κ1) is 20.1. The number of piperazine rings is 1. The maximum Gasteiger partial charge on any atom is 0.397 e. The summed E-state index contributed by atoms with van der Waals surface area (Å²) in [7, 11) is 1.75. The Morgan fingerprint density at radius 2 is 1.93 bits per heavy atom. The van der Waals surface area contributed by atoms with Crippen LogP contribution in [0, 0.1) is 6.92 Å². The van der Waals surface area contributed by atoms with E-state index in [9.17, 15) is 22.8 Å². The molecule has 2 saturated heterocycles. The third-order valence-electron chi connectivity index (χ3n) is 5.37. The van der Waals surface area contributed by atoms with Crippen molar-refractivity contribution >= 4 is 23.2 Å². The van der Waals surface area contributed by atoms with Crippen molar-refractivity contribution in [3.63, 3.8) is 0 Å². The maximum absolute atomic E-state index is 13.0. The summed E-state index contributed by atoms with van der Waals surface area (Å²) < 4.78 is 37.5. The first-order valence-corrected chi connectivity index (χ1v) is 9.75. The Morgan fingerprint density at radius 3 is 2.48 bits per heavy atom. The van der Waals surface area contributed by atoms with Gasteiger partial charge in [0.25, 0.3) is 0 Å². The normalized spacial score (nSPS) is 21.1. The molecule has 3 rings (SSSR count). The number of thiazole rings is 1. The molecule has 6 nitrogen and oxygen atoms in total. The van der Waals surface area contributed by atoms with Crippen LogP contribution in [0.25, 0.3) is 0 Å². The zero-order chi connectivity index (χ0) is 19.8. The van der Waals surface area contributed by atoms with E-state index in [2.05, 4.69) is 9.88 Å². The number of carbonyl (C=O) groups is 2. The fourth-order valence-electron chi connectivity index (χ4n) is 3.92. The van der Waals surface area contributed by atoms with Gasteiger partial charge in [-0.3, -0.25) is 14.5 Å². The highest BCUT2D eigenvalue weighted by Gasteiger charge is 2.50. The lowest BCUT2D eigenvalue weighted by molar-refractivity contribution is -0.167. The fourth-order valence-corrected chi connectivity index (χ4v) is 4.53. The van der Waals surface area contributed by atoms with Gasteiger partial charge in [0.1, 0.15) is 12.0 Å². The van der Waals surface area contributed by atoms with E-state index in [0.717, 1.165) is 10.7 Å². The molecule has 0 saturated carbocycles. The second-order valence-corrected chi connectivity index (χ2v) is 8.27. The molecule has 0 unspecified atom stereocenters. The van der Waals surface area contributed by atoms with Crippen molar-refractivity contribution < 1.29 is 22.8 Å². The molecule has 0 bridgehead atoms. The van der Waals surface area contributed by atoms with Crippen molar-refractivity contribution in [1.82, 2.24) is 19.7 Å². The number of halogens is 3. The average molecular weight is 404 g/mol. The molecular formula is C17H23F3N4O2S. The Kier molecular flexibility index (Phi) is 5.49. The number of aromatic nitrogens is 1. The fraction of sp³-hybridized carbons (Fsp3) is 0.706. The molecule has 27 heavy (non-hydrogen) atoms. The van der Waals surface area contributed by atoms with Gasteiger partial charge in [-0.2, -0.15) is 13.2 Å². The van der Waals surface area contributed by atoms with E-state index in [0.29, 0.717) is 32.5 Å². The largest absolute Gasteiger partial charge is 0.397 e. The molecule has 0 aliphatic carbocycles. The monoisotopic (exact) mass is 404 g/mol. The molecule has 1 aromatic heterocycles. The van der Waals surface area contributed by atoms with E-state index in [1.165, 1.54) is 4.90 Å². The van der Waals surface area contributed by atoms with Gasteiger partial charge in [-0.15, -0.1) is 11.3 Å². The standard InChI is InChI=1S/C17H23F3N4O2S/c1-12-21-13(11-27-12)10-24-8-7-22(2)15(26)16(24)3-5-23(6-4-16)14(25)9-17(18,19)20/h11H,3-10H2,1-2H3. The molecule has 0 N–H and O–H groups in total. The van der Waals surface area contributed by atoms with Crippen LogP contribution in [0.3, 0.4) is 0 Å². The summed E-state index contributed by atoms with van der Waals surface area (Å²) in [5, 5.41) is 2.92. The zero-order valence-corrected chi connectivity index (χ0v) is 16.2. The van der Waals surface area contributed by atoms with Crippen molar-refractivity contribution in [2.24, 2.45) is 0 Å². The van der Waals surface area contributed by atoms with E-state index in [1.807, 2.05) is 12.3 Å². The summed E-state index contributed by atoms with van der Waals surface area (Å²) in [6.07, 6.45) is -5.29. The van der Waals surface area contributed by atoms with Gasteiger partial charge in [-0.25, -0.2) is 4.98 Å². The number of piperidine rings is 1. The lowest BCUT2D eigenvalue weighted by Crippen LogP contribution is -2.68. The highest BCUT2D eigenvalue weighted by atomic mass is 32.1. The van der Waals surface area contributed by atoms with E-state index >= 15 is 0 Å². The van der Waals surface area contributed by atoms with Gasteiger partial charge in [-0.05, 0) is 19.8 Å². The molecule has 1 aromatic rings. The number of likely N-dealkylation sites (N-methyl/N-ethyl adjacent to an activating group) is 1. The molecule has 2 amide bonds. The van der Waals surface area contributed by atoms with Gasteiger partial charge in [0, 0.05) is 45.2 Å². The van der Waals surface area contributed by atoms with Gasteiger partial charge < -0.3 is 9.80 Å². The Bertz CT molecular complexity index is 713. The molecule has 3 heterocycles. The minimum absolute atomic E-state index is 0.0244. The summed E-state index contributed by atoms with van der Waals surface area (Å²) in [6.45, 7) is 4.03. The number of aryl methyl sites for hydroxylation is 1. The van der Waals surface area contributed by atoms with Crippen LogP contribution >= 0.6 is 11.3 Å². The van der Waals surface area contributed by atoms with E-state index < -0.39 is 24.0 Å². The molecule has 0 aromatic carbocycles.